The molecule has 1 unspecified atom stereocenters. The molecular formula is C16H23BrFN. The zero-order valence-electron chi connectivity index (χ0n) is 11.6. The van der Waals surface area contributed by atoms with Crippen molar-refractivity contribution in [2.24, 2.45) is 5.92 Å². The Morgan fingerprint density at radius 3 is 2.63 bits per heavy atom. The molecule has 1 fully saturated rings. The molecule has 0 aliphatic heterocycles. The predicted octanol–water partition coefficient (Wildman–Crippen LogP) is 5.04. The van der Waals surface area contributed by atoms with Gasteiger partial charge in [-0.3, -0.25) is 0 Å². The third-order valence-corrected chi connectivity index (χ3v) is 4.61. The fraction of sp³-hybridized carbons (Fsp3) is 0.625. The van der Waals surface area contributed by atoms with Crippen LogP contribution in [0.2, 0.25) is 0 Å². The van der Waals surface area contributed by atoms with Crippen molar-refractivity contribution in [3.05, 3.63) is 34.1 Å². The average molecular weight is 328 g/mol. The van der Waals surface area contributed by atoms with Gasteiger partial charge in [0, 0.05) is 17.1 Å². The van der Waals surface area contributed by atoms with Gasteiger partial charge in [0.1, 0.15) is 5.82 Å². The van der Waals surface area contributed by atoms with Crippen LogP contribution in [-0.2, 0) is 6.54 Å². The van der Waals surface area contributed by atoms with E-state index in [9.17, 15) is 4.39 Å². The highest BCUT2D eigenvalue weighted by atomic mass is 79.9. The summed E-state index contributed by atoms with van der Waals surface area (Å²) in [4.78, 5) is 0. The summed E-state index contributed by atoms with van der Waals surface area (Å²) in [6.45, 7) is 3.00. The molecule has 0 saturated heterocycles. The molecule has 3 heteroatoms. The zero-order valence-corrected chi connectivity index (χ0v) is 13.2. The fourth-order valence-electron chi connectivity index (χ4n) is 3.14. The zero-order chi connectivity index (χ0) is 13.7. The number of rotatable bonds is 5. The van der Waals surface area contributed by atoms with Gasteiger partial charge in [-0.2, -0.15) is 0 Å². The van der Waals surface area contributed by atoms with Crippen molar-refractivity contribution in [3.63, 3.8) is 0 Å². The molecule has 0 radical (unpaired) electrons. The lowest BCUT2D eigenvalue weighted by atomic mass is 9.83. The van der Waals surface area contributed by atoms with Gasteiger partial charge in [-0.1, -0.05) is 42.1 Å². The normalized spacial score (nSPS) is 18.5. The van der Waals surface area contributed by atoms with Gasteiger partial charge >= 0.3 is 0 Å². The van der Waals surface area contributed by atoms with Crippen molar-refractivity contribution in [3.8, 4) is 0 Å². The molecule has 0 amide bonds. The van der Waals surface area contributed by atoms with Crippen molar-refractivity contribution >= 4 is 15.9 Å². The lowest BCUT2D eigenvalue weighted by molar-refractivity contribution is 0.261. The molecule has 1 nitrogen and oxygen atoms in total. The van der Waals surface area contributed by atoms with E-state index in [4.69, 9.17) is 0 Å². The molecule has 1 atom stereocenters. The van der Waals surface area contributed by atoms with Gasteiger partial charge in [-0.25, -0.2) is 4.39 Å². The van der Waals surface area contributed by atoms with Crippen LogP contribution >= 0.6 is 15.9 Å². The van der Waals surface area contributed by atoms with Gasteiger partial charge < -0.3 is 5.32 Å². The largest absolute Gasteiger partial charge is 0.310 e. The van der Waals surface area contributed by atoms with Crippen LogP contribution < -0.4 is 5.32 Å². The van der Waals surface area contributed by atoms with Crippen molar-refractivity contribution in [1.82, 2.24) is 5.32 Å². The Hall–Kier alpha value is -0.410. The molecule has 1 aromatic rings. The molecule has 1 aliphatic rings. The van der Waals surface area contributed by atoms with Crippen molar-refractivity contribution in [2.45, 2.75) is 58.0 Å². The van der Waals surface area contributed by atoms with Gasteiger partial charge in [-0.15, -0.1) is 0 Å². The highest BCUT2D eigenvalue weighted by Crippen LogP contribution is 2.28. The van der Waals surface area contributed by atoms with Crippen LogP contribution in [0.1, 0.15) is 51.0 Å². The monoisotopic (exact) mass is 327 g/mol. The molecule has 1 saturated carbocycles. The second kappa shape index (κ2) is 7.39. The number of hydrogen-bond acceptors (Lipinski definition) is 1. The van der Waals surface area contributed by atoms with Crippen LogP contribution in [0.4, 0.5) is 4.39 Å². The Labute approximate surface area is 124 Å². The summed E-state index contributed by atoms with van der Waals surface area (Å²) in [7, 11) is 0. The van der Waals surface area contributed by atoms with Gasteiger partial charge in [0.15, 0.2) is 0 Å². The average Bonchev–Trinajstić information content (AvgIpc) is 2.39. The first-order valence-electron chi connectivity index (χ1n) is 7.37. The van der Waals surface area contributed by atoms with E-state index in [1.807, 2.05) is 6.07 Å². The predicted molar refractivity (Wildman–Crippen MR) is 81.6 cm³/mol. The van der Waals surface area contributed by atoms with Crippen LogP contribution in [0.3, 0.4) is 0 Å². The number of hydrogen-bond donors (Lipinski definition) is 1. The Kier molecular flexibility index (Phi) is 5.83. The van der Waals surface area contributed by atoms with Crippen LogP contribution in [0.15, 0.2) is 22.7 Å². The van der Waals surface area contributed by atoms with E-state index in [1.165, 1.54) is 38.2 Å². The van der Waals surface area contributed by atoms with E-state index in [2.05, 4.69) is 28.2 Å². The summed E-state index contributed by atoms with van der Waals surface area (Å²) in [5.41, 5.74) is 1.01. The topological polar surface area (TPSA) is 12.0 Å². The minimum atomic E-state index is -0.170. The second-order valence-electron chi connectivity index (χ2n) is 5.57. The minimum absolute atomic E-state index is 0.170. The molecule has 0 aromatic heterocycles. The lowest BCUT2D eigenvalue weighted by Gasteiger charge is -2.30. The Morgan fingerprint density at radius 1 is 1.26 bits per heavy atom. The number of benzene rings is 1. The Balaban J connectivity index is 1.91. The maximum Gasteiger partial charge on any atom is 0.124 e. The summed E-state index contributed by atoms with van der Waals surface area (Å²) in [6, 6.07) is 5.68. The summed E-state index contributed by atoms with van der Waals surface area (Å²) in [5, 5.41) is 3.62. The highest BCUT2D eigenvalue weighted by molar-refractivity contribution is 9.10. The van der Waals surface area contributed by atoms with Crippen LogP contribution in [0.5, 0.6) is 0 Å². The quantitative estimate of drug-likeness (QED) is 0.799. The van der Waals surface area contributed by atoms with Gasteiger partial charge in [0.05, 0.1) is 0 Å². The summed E-state index contributed by atoms with van der Waals surface area (Å²) in [6.07, 6.45) is 7.98. The molecule has 2 rings (SSSR count). The van der Waals surface area contributed by atoms with Gasteiger partial charge in [-0.05, 0) is 48.9 Å². The van der Waals surface area contributed by atoms with Crippen LogP contribution in [-0.4, -0.2) is 6.04 Å². The SMILES string of the molecule is CCC(NCc1cc(F)cc(Br)c1)C1CCCCC1. The molecule has 1 aliphatic carbocycles. The van der Waals surface area contributed by atoms with E-state index in [0.717, 1.165) is 28.9 Å². The van der Waals surface area contributed by atoms with E-state index in [-0.39, 0.29) is 5.82 Å². The molecule has 19 heavy (non-hydrogen) atoms. The highest BCUT2D eigenvalue weighted by Gasteiger charge is 2.21. The molecule has 0 bridgehead atoms. The van der Waals surface area contributed by atoms with E-state index in [0.29, 0.717) is 6.04 Å². The lowest BCUT2D eigenvalue weighted by Crippen LogP contribution is -2.36. The maximum absolute atomic E-state index is 13.3. The van der Waals surface area contributed by atoms with E-state index in [1.54, 1.807) is 6.07 Å². The van der Waals surface area contributed by atoms with Crippen molar-refractivity contribution in [2.75, 3.05) is 0 Å². The molecule has 1 N–H and O–H groups in total. The molecule has 0 spiro atoms. The van der Waals surface area contributed by atoms with Crippen molar-refractivity contribution < 1.29 is 4.39 Å². The Morgan fingerprint density at radius 2 is 2.00 bits per heavy atom. The second-order valence-corrected chi connectivity index (χ2v) is 6.49. The molecule has 1 aromatic carbocycles. The van der Waals surface area contributed by atoms with Crippen LogP contribution in [0, 0.1) is 11.7 Å². The third kappa shape index (κ3) is 4.57. The smallest absolute Gasteiger partial charge is 0.124 e. The number of nitrogens with one attached hydrogen (secondary N) is 1. The molecule has 0 heterocycles. The summed E-state index contributed by atoms with van der Waals surface area (Å²) in [5.74, 6) is 0.632. The first kappa shape index (κ1) is 15.0. The number of halogens is 2. The van der Waals surface area contributed by atoms with Crippen molar-refractivity contribution in [1.29, 1.82) is 0 Å². The van der Waals surface area contributed by atoms with Gasteiger partial charge in [0.25, 0.3) is 0 Å². The minimum Gasteiger partial charge on any atom is -0.310 e. The van der Waals surface area contributed by atoms with E-state index < -0.39 is 0 Å². The van der Waals surface area contributed by atoms with E-state index >= 15 is 0 Å². The van der Waals surface area contributed by atoms with Crippen LogP contribution in [0.25, 0.3) is 0 Å². The molecular weight excluding hydrogens is 305 g/mol. The standard InChI is InChI=1S/C16H23BrFN/c1-2-16(13-6-4-3-5-7-13)19-11-12-8-14(17)10-15(18)9-12/h8-10,13,16,19H,2-7,11H2,1H3. The molecule has 106 valence electrons. The summed E-state index contributed by atoms with van der Waals surface area (Å²) >= 11 is 3.35. The Bertz CT molecular complexity index is 381. The van der Waals surface area contributed by atoms with Gasteiger partial charge in [0.2, 0.25) is 0 Å². The first-order valence-corrected chi connectivity index (χ1v) is 8.16. The fourth-order valence-corrected chi connectivity index (χ4v) is 3.66. The third-order valence-electron chi connectivity index (χ3n) is 4.15. The summed E-state index contributed by atoms with van der Waals surface area (Å²) < 4.78 is 14.1. The maximum atomic E-state index is 13.3. The first-order chi connectivity index (χ1) is 9.19.